The molecular weight excluding hydrogens is 90.1 g/mol. The van der Waals surface area contributed by atoms with Gasteiger partial charge in [0.1, 0.15) is 6.20 Å². The molecule has 0 saturated carbocycles. The zero-order valence-electron chi connectivity index (χ0n) is 12.4. The van der Waals surface area contributed by atoms with Gasteiger partial charge in [0.2, 0.25) is 0 Å². The SMILES string of the molecule is [2H]C1([2H])NC([2H])(O)C([2H])([2H])C([2H])([2H])C1([2H])[2H]. The molecule has 1 heterocycles. The van der Waals surface area contributed by atoms with Crippen molar-refractivity contribution >= 4 is 0 Å². The van der Waals surface area contributed by atoms with Crippen LogP contribution in [0.1, 0.15) is 31.5 Å². The Morgan fingerprint density at radius 3 is 3.57 bits per heavy atom. The van der Waals surface area contributed by atoms with Gasteiger partial charge < -0.3 is 5.11 Å². The molecule has 1 unspecified atom stereocenters. The van der Waals surface area contributed by atoms with E-state index in [0.29, 0.717) is 0 Å². The van der Waals surface area contributed by atoms with E-state index in [4.69, 9.17) is 12.3 Å². The van der Waals surface area contributed by atoms with Crippen LogP contribution in [0.4, 0.5) is 0 Å². The zero-order chi connectivity index (χ0) is 13.2. The van der Waals surface area contributed by atoms with E-state index in [1.165, 1.54) is 5.32 Å². The first-order valence-electron chi connectivity index (χ1n) is 6.22. The lowest BCUT2D eigenvalue weighted by Gasteiger charge is -2.17. The second-order valence-electron chi connectivity index (χ2n) is 0.974. The van der Waals surface area contributed by atoms with Crippen molar-refractivity contribution in [3.63, 3.8) is 0 Å². The molecule has 1 atom stereocenters. The van der Waals surface area contributed by atoms with Gasteiger partial charge >= 0.3 is 0 Å². The minimum Gasteiger partial charge on any atom is -0.379 e. The summed E-state index contributed by atoms with van der Waals surface area (Å²) in [6, 6.07) is 0. The Morgan fingerprint density at radius 1 is 1.86 bits per heavy atom. The van der Waals surface area contributed by atoms with E-state index in [9.17, 15) is 5.11 Å². The molecule has 0 spiro atoms. The first-order chi connectivity index (χ1) is 6.71. The summed E-state index contributed by atoms with van der Waals surface area (Å²) in [5.74, 6) is 0. The van der Waals surface area contributed by atoms with Crippen molar-refractivity contribution < 1.29 is 17.4 Å². The average molecular weight is 110 g/mol. The normalized spacial score (nSPS) is 91.3. The summed E-state index contributed by atoms with van der Waals surface area (Å²) in [7, 11) is 0. The monoisotopic (exact) mass is 110 g/mol. The molecule has 7 heavy (non-hydrogen) atoms. The Bertz CT molecular complexity index is 283. The summed E-state index contributed by atoms with van der Waals surface area (Å²) in [5, 5.41) is 10.8. The van der Waals surface area contributed by atoms with Gasteiger partial charge in [-0.1, -0.05) is 0 Å². The van der Waals surface area contributed by atoms with Gasteiger partial charge in [-0.3, -0.25) is 5.32 Å². The van der Waals surface area contributed by atoms with Gasteiger partial charge in [0.25, 0.3) is 0 Å². The maximum atomic E-state index is 9.34. The van der Waals surface area contributed by atoms with E-state index in [1.807, 2.05) is 0 Å². The van der Waals surface area contributed by atoms with Gasteiger partial charge in [0.05, 0.1) is 1.37 Å². The van der Waals surface area contributed by atoms with Crippen LogP contribution in [0.3, 0.4) is 0 Å². The Labute approximate surface area is 56.2 Å². The zero-order valence-corrected chi connectivity index (χ0v) is 3.45. The molecule has 2 heteroatoms. The summed E-state index contributed by atoms with van der Waals surface area (Å²) in [5.41, 5.74) is 0. The number of nitrogens with one attached hydrogen (secondary N) is 1. The van der Waals surface area contributed by atoms with E-state index in [0.717, 1.165) is 0 Å². The lowest BCUT2D eigenvalue weighted by molar-refractivity contribution is 0.108. The number of hydrogen-bond acceptors (Lipinski definition) is 2. The van der Waals surface area contributed by atoms with Crippen molar-refractivity contribution in [3.8, 4) is 0 Å². The molecule has 0 aliphatic carbocycles. The van der Waals surface area contributed by atoms with Crippen LogP contribution in [-0.2, 0) is 0 Å². The fourth-order valence-electron chi connectivity index (χ4n) is 0.243. The van der Waals surface area contributed by atoms with E-state index >= 15 is 0 Å². The molecule has 1 fully saturated rings. The second kappa shape index (κ2) is 2.28. The highest BCUT2D eigenvalue weighted by molar-refractivity contribution is 4.60. The maximum absolute atomic E-state index is 9.34. The Kier molecular flexibility index (Phi) is 0.312. The Balaban J connectivity index is 3.43. The lowest BCUT2D eigenvalue weighted by Crippen LogP contribution is -2.33. The maximum Gasteiger partial charge on any atom is 0.104 e. The molecule has 0 aromatic carbocycles. The van der Waals surface area contributed by atoms with E-state index < -0.39 is 31.8 Å². The third kappa shape index (κ3) is 1.45. The van der Waals surface area contributed by atoms with Crippen LogP contribution in [0, 0.1) is 0 Å². The standard InChI is InChI=1S/C5H11NO/c7-5-3-1-2-4-6-5/h5-7H,1-4H2/i1D2,2D2,3D2,4D2,5D. The van der Waals surface area contributed by atoms with Crippen molar-refractivity contribution in [2.24, 2.45) is 0 Å². The van der Waals surface area contributed by atoms with Crippen molar-refractivity contribution in [2.75, 3.05) is 6.50 Å². The average Bonchev–Trinajstić information content (AvgIpc) is 1.98. The molecule has 1 aliphatic rings. The van der Waals surface area contributed by atoms with Crippen LogP contribution in [0.25, 0.3) is 0 Å². The molecule has 0 aromatic rings. The molecular formula is C5H11NO. The molecule has 42 valence electrons. The van der Waals surface area contributed by atoms with Gasteiger partial charge in [-0.25, -0.2) is 0 Å². The van der Waals surface area contributed by atoms with Crippen molar-refractivity contribution in [3.05, 3.63) is 0 Å². The van der Waals surface area contributed by atoms with Crippen LogP contribution in [0.15, 0.2) is 0 Å². The molecule has 0 amide bonds. The summed E-state index contributed by atoms with van der Waals surface area (Å²) in [4.78, 5) is 0. The number of aliphatic hydroxyl groups is 1. The number of hydrogen-bond donors (Lipinski definition) is 2. The lowest BCUT2D eigenvalue weighted by atomic mass is 10.1. The molecule has 2 nitrogen and oxygen atoms in total. The first-order valence-corrected chi connectivity index (χ1v) is 1.72. The Morgan fingerprint density at radius 2 is 2.71 bits per heavy atom. The summed E-state index contributed by atoms with van der Waals surface area (Å²) in [6.07, 6.45) is -13.2. The highest BCUT2D eigenvalue weighted by Gasteiger charge is 2.06. The molecule has 1 rings (SSSR count). The van der Waals surface area contributed by atoms with Crippen LogP contribution in [0.5, 0.6) is 0 Å². The van der Waals surface area contributed by atoms with Crippen molar-refractivity contribution in [2.45, 2.75) is 25.3 Å². The molecule has 0 radical (unpaired) electrons. The smallest absolute Gasteiger partial charge is 0.104 e. The first kappa shape index (κ1) is 0.957. The second-order valence-corrected chi connectivity index (χ2v) is 0.974. The number of piperidine rings is 1. The molecule has 0 bridgehead atoms. The third-order valence-electron chi connectivity index (χ3n) is 0.487. The van der Waals surface area contributed by atoms with Crippen LogP contribution in [-0.4, -0.2) is 17.8 Å². The van der Waals surface area contributed by atoms with Crippen LogP contribution in [0.2, 0.25) is 0 Å². The van der Waals surface area contributed by atoms with Crippen LogP contribution >= 0.6 is 0 Å². The largest absolute Gasteiger partial charge is 0.379 e. The van der Waals surface area contributed by atoms with E-state index in [1.54, 1.807) is 0 Å². The predicted molar refractivity (Wildman–Crippen MR) is 27.9 cm³/mol. The molecule has 1 aliphatic heterocycles. The minimum atomic E-state index is -3.37. The topological polar surface area (TPSA) is 32.3 Å². The fraction of sp³-hybridized carbons (Fsp3) is 1.00. The van der Waals surface area contributed by atoms with Crippen molar-refractivity contribution in [1.82, 2.24) is 5.32 Å². The third-order valence-corrected chi connectivity index (χ3v) is 0.487. The highest BCUT2D eigenvalue weighted by atomic mass is 16.3. The quantitative estimate of drug-likeness (QED) is 0.463. The Hall–Kier alpha value is -0.0800. The molecule has 1 saturated heterocycles. The van der Waals surface area contributed by atoms with E-state index in [2.05, 4.69) is 0 Å². The number of rotatable bonds is 0. The summed E-state index contributed by atoms with van der Waals surface area (Å²) in [6.45, 7) is -3.07. The summed E-state index contributed by atoms with van der Waals surface area (Å²) >= 11 is 0. The predicted octanol–water partition coefficient (Wildman–Crippen LogP) is 0.0783. The highest BCUT2D eigenvalue weighted by Crippen LogP contribution is 2.02. The fourth-order valence-corrected chi connectivity index (χ4v) is 0.243. The van der Waals surface area contributed by atoms with Crippen LogP contribution < -0.4 is 5.32 Å². The summed E-state index contributed by atoms with van der Waals surface area (Å²) < 4.78 is 65.2. The van der Waals surface area contributed by atoms with Gasteiger partial charge in [0, 0.05) is 11.0 Å². The molecule has 2 N–H and O–H groups in total. The van der Waals surface area contributed by atoms with Gasteiger partial charge in [-0.2, -0.15) is 0 Å². The molecule has 0 aromatic heterocycles. The van der Waals surface area contributed by atoms with Gasteiger partial charge in [0.15, 0.2) is 0 Å². The van der Waals surface area contributed by atoms with Gasteiger partial charge in [-0.15, -0.1) is 0 Å². The van der Waals surface area contributed by atoms with Gasteiger partial charge in [-0.05, 0) is 25.6 Å². The van der Waals surface area contributed by atoms with Crippen molar-refractivity contribution in [1.29, 1.82) is 0 Å². The van der Waals surface area contributed by atoms with E-state index in [-0.39, 0.29) is 0 Å². The minimum absolute atomic E-state index is 1.43.